The fourth-order valence-electron chi connectivity index (χ4n) is 3.63. The highest BCUT2D eigenvalue weighted by atomic mass is 16.5. The van der Waals surface area contributed by atoms with E-state index < -0.39 is 0 Å². The average molecular weight is 382 g/mol. The van der Waals surface area contributed by atoms with Gasteiger partial charge in [0.1, 0.15) is 6.07 Å². The van der Waals surface area contributed by atoms with Gasteiger partial charge in [0.05, 0.1) is 38.7 Å². The van der Waals surface area contributed by atoms with Crippen LogP contribution in [0.25, 0.3) is 11.1 Å². The van der Waals surface area contributed by atoms with E-state index in [0.29, 0.717) is 22.8 Å². The van der Waals surface area contributed by atoms with Gasteiger partial charge < -0.3 is 24.6 Å². The summed E-state index contributed by atoms with van der Waals surface area (Å²) >= 11 is 0. The summed E-state index contributed by atoms with van der Waals surface area (Å²) in [6, 6.07) is 12.0. The summed E-state index contributed by atoms with van der Waals surface area (Å²) in [5, 5.41) is 22.7. The van der Waals surface area contributed by atoms with Gasteiger partial charge in [-0.25, -0.2) is 0 Å². The van der Waals surface area contributed by atoms with E-state index in [9.17, 15) is 10.4 Å². The molecule has 1 fully saturated rings. The molecule has 0 atom stereocenters. The van der Waals surface area contributed by atoms with Gasteiger partial charge in [-0.3, -0.25) is 0 Å². The smallest absolute Gasteiger partial charge is 0.203 e. The lowest BCUT2D eigenvalue weighted by Gasteiger charge is -2.27. The number of methoxy groups -OCH3 is 3. The molecule has 0 aromatic heterocycles. The Labute approximate surface area is 165 Å². The van der Waals surface area contributed by atoms with Gasteiger partial charge in [-0.2, -0.15) is 5.26 Å². The molecular formula is C22H26N2O4. The Morgan fingerprint density at radius 3 is 2.11 bits per heavy atom. The zero-order valence-corrected chi connectivity index (χ0v) is 16.5. The molecule has 0 amide bonds. The number of ether oxygens (including phenoxy) is 3. The Hall–Kier alpha value is -2.91. The number of benzene rings is 2. The first-order valence-corrected chi connectivity index (χ1v) is 9.38. The second kappa shape index (κ2) is 8.85. The molecule has 0 unspecified atom stereocenters. The maximum Gasteiger partial charge on any atom is 0.203 e. The van der Waals surface area contributed by atoms with E-state index in [1.54, 1.807) is 21.3 Å². The van der Waals surface area contributed by atoms with Crippen LogP contribution in [0.4, 0.5) is 5.69 Å². The minimum absolute atomic E-state index is 0.209. The van der Waals surface area contributed by atoms with Gasteiger partial charge in [0.2, 0.25) is 5.75 Å². The molecule has 28 heavy (non-hydrogen) atoms. The molecule has 0 heterocycles. The van der Waals surface area contributed by atoms with Crippen molar-refractivity contribution in [1.82, 2.24) is 0 Å². The predicted molar refractivity (Wildman–Crippen MR) is 108 cm³/mol. The molecule has 0 saturated heterocycles. The van der Waals surface area contributed by atoms with Crippen LogP contribution in [0.3, 0.4) is 0 Å². The molecule has 6 heteroatoms. The summed E-state index contributed by atoms with van der Waals surface area (Å²) in [6.07, 6.45) is 3.14. The lowest BCUT2D eigenvalue weighted by molar-refractivity contribution is 0.126. The first kappa shape index (κ1) is 19.8. The maximum atomic E-state index is 9.71. The van der Waals surface area contributed by atoms with Crippen molar-refractivity contribution in [2.45, 2.75) is 37.8 Å². The number of aliphatic hydroxyl groups excluding tert-OH is 1. The largest absolute Gasteiger partial charge is 0.493 e. The Bertz CT molecular complexity index is 842. The van der Waals surface area contributed by atoms with Crippen LogP contribution in [0.15, 0.2) is 30.3 Å². The van der Waals surface area contributed by atoms with Gasteiger partial charge in [-0.15, -0.1) is 0 Å². The molecule has 2 aromatic carbocycles. The quantitative estimate of drug-likeness (QED) is 0.787. The van der Waals surface area contributed by atoms with E-state index >= 15 is 0 Å². The monoisotopic (exact) mass is 382 g/mol. The number of anilines is 1. The highest BCUT2D eigenvalue weighted by Crippen LogP contribution is 2.41. The van der Waals surface area contributed by atoms with E-state index in [2.05, 4.69) is 11.4 Å². The van der Waals surface area contributed by atoms with Crippen molar-refractivity contribution in [3.8, 4) is 34.4 Å². The normalized spacial score (nSPS) is 18.8. The molecular weight excluding hydrogens is 356 g/mol. The van der Waals surface area contributed by atoms with Crippen molar-refractivity contribution in [2.75, 3.05) is 26.6 Å². The lowest BCUT2D eigenvalue weighted by Crippen LogP contribution is -2.28. The Morgan fingerprint density at radius 2 is 1.57 bits per heavy atom. The van der Waals surface area contributed by atoms with E-state index in [-0.39, 0.29) is 12.1 Å². The number of nitrogens with zero attached hydrogens (tertiary/aromatic N) is 1. The van der Waals surface area contributed by atoms with Crippen LogP contribution >= 0.6 is 0 Å². The number of hydrogen-bond donors (Lipinski definition) is 2. The summed E-state index contributed by atoms with van der Waals surface area (Å²) in [5.74, 6) is 1.70. The van der Waals surface area contributed by atoms with Crippen molar-refractivity contribution in [1.29, 1.82) is 5.26 Å². The van der Waals surface area contributed by atoms with Crippen LogP contribution in [0, 0.1) is 11.3 Å². The minimum atomic E-state index is -0.209. The van der Waals surface area contributed by atoms with Crippen LogP contribution in [0.1, 0.15) is 31.2 Å². The SMILES string of the molecule is COc1cc(-c2ccc(C#N)c(NC3CCC(O)CC3)c2)cc(OC)c1OC. The minimum Gasteiger partial charge on any atom is -0.493 e. The van der Waals surface area contributed by atoms with Crippen molar-refractivity contribution in [2.24, 2.45) is 0 Å². The third kappa shape index (κ3) is 4.15. The third-order valence-electron chi connectivity index (χ3n) is 5.19. The Morgan fingerprint density at radius 1 is 0.929 bits per heavy atom. The van der Waals surface area contributed by atoms with Gasteiger partial charge in [-0.05, 0) is 61.1 Å². The summed E-state index contributed by atoms with van der Waals surface area (Å²) < 4.78 is 16.3. The topological polar surface area (TPSA) is 83.7 Å². The molecule has 0 radical (unpaired) electrons. The first-order valence-electron chi connectivity index (χ1n) is 9.38. The molecule has 2 aromatic rings. The molecule has 0 bridgehead atoms. The number of nitriles is 1. The van der Waals surface area contributed by atoms with E-state index in [4.69, 9.17) is 14.2 Å². The molecule has 2 N–H and O–H groups in total. The van der Waals surface area contributed by atoms with Crippen LogP contribution in [-0.2, 0) is 0 Å². The number of nitrogens with one attached hydrogen (secondary N) is 1. The highest BCUT2D eigenvalue weighted by Gasteiger charge is 2.20. The number of aliphatic hydroxyl groups is 1. The van der Waals surface area contributed by atoms with Crippen LogP contribution < -0.4 is 19.5 Å². The van der Waals surface area contributed by atoms with Gasteiger partial charge in [0.25, 0.3) is 0 Å². The molecule has 1 aliphatic rings. The Balaban J connectivity index is 1.96. The number of hydrogen-bond acceptors (Lipinski definition) is 6. The van der Waals surface area contributed by atoms with Crippen LogP contribution in [-0.4, -0.2) is 38.6 Å². The zero-order valence-electron chi connectivity index (χ0n) is 16.5. The lowest BCUT2D eigenvalue weighted by atomic mass is 9.92. The fourth-order valence-corrected chi connectivity index (χ4v) is 3.63. The third-order valence-corrected chi connectivity index (χ3v) is 5.19. The highest BCUT2D eigenvalue weighted by molar-refractivity contribution is 5.76. The first-order chi connectivity index (χ1) is 13.6. The van der Waals surface area contributed by atoms with Crippen LogP contribution in [0.5, 0.6) is 17.2 Å². The molecule has 6 nitrogen and oxygen atoms in total. The van der Waals surface area contributed by atoms with Gasteiger partial charge in [0.15, 0.2) is 11.5 Å². The standard InChI is InChI=1S/C22H26N2O4/c1-26-20-11-16(12-21(27-2)22(20)28-3)14-4-5-15(13-23)19(10-14)24-17-6-8-18(25)9-7-17/h4-5,10-12,17-18,24-25H,6-9H2,1-3H3. The predicted octanol–water partition coefficient (Wildman–Crippen LogP) is 3.97. The Kier molecular flexibility index (Phi) is 6.27. The molecule has 0 aliphatic heterocycles. The van der Waals surface area contributed by atoms with Crippen LogP contribution in [0.2, 0.25) is 0 Å². The summed E-state index contributed by atoms with van der Waals surface area (Å²) in [4.78, 5) is 0. The number of rotatable bonds is 6. The summed E-state index contributed by atoms with van der Waals surface area (Å²) in [5.41, 5.74) is 3.25. The van der Waals surface area contributed by atoms with Crippen molar-refractivity contribution in [3.05, 3.63) is 35.9 Å². The second-order valence-electron chi connectivity index (χ2n) is 6.94. The molecule has 1 saturated carbocycles. The fraction of sp³-hybridized carbons (Fsp3) is 0.409. The average Bonchev–Trinajstić information content (AvgIpc) is 2.74. The maximum absolute atomic E-state index is 9.71. The van der Waals surface area contributed by atoms with E-state index in [0.717, 1.165) is 42.5 Å². The van der Waals surface area contributed by atoms with E-state index in [1.165, 1.54) is 0 Å². The molecule has 1 aliphatic carbocycles. The second-order valence-corrected chi connectivity index (χ2v) is 6.94. The van der Waals surface area contributed by atoms with Gasteiger partial charge in [0, 0.05) is 6.04 Å². The zero-order chi connectivity index (χ0) is 20.1. The molecule has 3 rings (SSSR count). The summed E-state index contributed by atoms with van der Waals surface area (Å²) in [6.45, 7) is 0. The van der Waals surface area contributed by atoms with Crippen molar-refractivity contribution < 1.29 is 19.3 Å². The van der Waals surface area contributed by atoms with Crippen molar-refractivity contribution in [3.63, 3.8) is 0 Å². The summed E-state index contributed by atoms with van der Waals surface area (Å²) in [7, 11) is 4.75. The van der Waals surface area contributed by atoms with Crippen molar-refractivity contribution >= 4 is 5.69 Å². The molecule has 148 valence electrons. The van der Waals surface area contributed by atoms with E-state index in [1.807, 2.05) is 30.3 Å². The van der Waals surface area contributed by atoms with Gasteiger partial charge >= 0.3 is 0 Å². The van der Waals surface area contributed by atoms with Gasteiger partial charge in [-0.1, -0.05) is 6.07 Å². The molecule has 0 spiro atoms.